The van der Waals surface area contributed by atoms with Crippen molar-refractivity contribution in [3.05, 3.63) is 125 Å². The van der Waals surface area contributed by atoms with Crippen LogP contribution < -0.4 is 5.32 Å². The van der Waals surface area contributed by atoms with E-state index in [1.165, 1.54) is 11.1 Å². The molecule has 0 spiro atoms. The van der Waals surface area contributed by atoms with Gasteiger partial charge in [0.2, 0.25) is 5.91 Å². The van der Waals surface area contributed by atoms with Crippen LogP contribution in [0.2, 0.25) is 0 Å². The Hall–Kier alpha value is -4.21. The topological polar surface area (TPSA) is 74.0 Å². The Balaban J connectivity index is 1.32. The third kappa shape index (κ3) is 5.32. The van der Waals surface area contributed by atoms with E-state index in [0.29, 0.717) is 38.2 Å². The minimum atomic E-state index is -0.319. The van der Waals surface area contributed by atoms with E-state index in [2.05, 4.69) is 45.2 Å². The van der Waals surface area contributed by atoms with E-state index in [0.717, 1.165) is 16.8 Å². The number of hydrogen-bond acceptors (Lipinski definition) is 4. The normalized spacial score (nSPS) is 15.3. The zero-order valence-corrected chi connectivity index (χ0v) is 19.5. The molecule has 1 aromatic heterocycles. The lowest BCUT2D eigenvalue weighted by molar-refractivity contribution is -0.134. The molecule has 1 aliphatic heterocycles. The van der Waals surface area contributed by atoms with E-state index < -0.39 is 0 Å². The highest BCUT2D eigenvalue weighted by molar-refractivity contribution is 5.83. The van der Waals surface area contributed by atoms with E-state index in [9.17, 15) is 4.79 Å². The Morgan fingerprint density at radius 3 is 2.40 bits per heavy atom. The zero-order valence-electron chi connectivity index (χ0n) is 19.5. The van der Waals surface area contributed by atoms with Gasteiger partial charge in [-0.2, -0.15) is 5.26 Å². The molecule has 1 atom stereocenters. The molecule has 1 aliphatic rings. The van der Waals surface area contributed by atoms with Gasteiger partial charge in [0.05, 0.1) is 29.7 Å². The first kappa shape index (κ1) is 22.6. The summed E-state index contributed by atoms with van der Waals surface area (Å²) < 4.78 is 2.07. The smallest absolute Gasteiger partial charge is 0.240 e. The van der Waals surface area contributed by atoms with Gasteiger partial charge in [-0.05, 0) is 40.8 Å². The highest BCUT2D eigenvalue weighted by atomic mass is 16.2. The summed E-state index contributed by atoms with van der Waals surface area (Å²) in [5, 5.41) is 12.5. The summed E-state index contributed by atoms with van der Waals surface area (Å²) in [6, 6.07) is 27.9. The second-order valence-corrected chi connectivity index (χ2v) is 8.91. The largest absolute Gasteiger partial charge is 0.333 e. The molecule has 3 aromatic carbocycles. The number of carbonyl (C=O) groups excluding carboxylic acids is 1. The molecule has 4 aromatic rings. The van der Waals surface area contributed by atoms with Crippen LogP contribution in [-0.2, 0) is 37.4 Å². The summed E-state index contributed by atoms with van der Waals surface area (Å²) in [7, 11) is 0. The highest BCUT2D eigenvalue weighted by Crippen LogP contribution is 2.22. The number of hydrogen-bond donors (Lipinski definition) is 1. The third-order valence-electron chi connectivity index (χ3n) is 6.49. The molecule has 174 valence electrons. The first-order valence-electron chi connectivity index (χ1n) is 11.8. The van der Waals surface area contributed by atoms with Crippen LogP contribution in [0.5, 0.6) is 0 Å². The molecule has 0 saturated carbocycles. The van der Waals surface area contributed by atoms with E-state index in [1.807, 2.05) is 65.7 Å². The molecule has 1 unspecified atom stereocenters. The number of rotatable bonds is 7. The van der Waals surface area contributed by atoms with Gasteiger partial charge in [0.15, 0.2) is 0 Å². The van der Waals surface area contributed by atoms with Crippen LogP contribution >= 0.6 is 0 Å². The molecule has 0 radical (unpaired) electrons. The van der Waals surface area contributed by atoms with Crippen molar-refractivity contribution in [3.63, 3.8) is 0 Å². The summed E-state index contributed by atoms with van der Waals surface area (Å²) in [6.07, 6.45) is 4.30. The van der Waals surface area contributed by atoms with Gasteiger partial charge in [-0.3, -0.25) is 10.1 Å². The maximum absolute atomic E-state index is 13.6. The van der Waals surface area contributed by atoms with Crippen molar-refractivity contribution in [2.45, 2.75) is 38.6 Å². The van der Waals surface area contributed by atoms with E-state index in [-0.39, 0.29) is 11.9 Å². The Morgan fingerprint density at radius 2 is 1.63 bits per heavy atom. The number of amides is 1. The number of carbonyl (C=O) groups is 1. The minimum Gasteiger partial charge on any atom is -0.333 e. The number of imidazole rings is 1. The lowest BCUT2D eigenvalue weighted by Gasteiger charge is -2.25. The van der Waals surface area contributed by atoms with Gasteiger partial charge in [-0.15, -0.1) is 0 Å². The summed E-state index contributed by atoms with van der Waals surface area (Å²) in [4.78, 5) is 19.9. The van der Waals surface area contributed by atoms with Crippen molar-refractivity contribution < 1.29 is 4.79 Å². The summed E-state index contributed by atoms with van der Waals surface area (Å²) >= 11 is 0. The van der Waals surface area contributed by atoms with Crippen LogP contribution in [-0.4, -0.2) is 26.4 Å². The second kappa shape index (κ2) is 10.4. The number of nitriles is 1. The molecular weight excluding hydrogens is 434 g/mol. The lowest BCUT2D eigenvalue weighted by Crippen LogP contribution is -2.45. The maximum Gasteiger partial charge on any atom is 0.240 e. The summed E-state index contributed by atoms with van der Waals surface area (Å²) in [5.74, 6) is 0.114. The lowest BCUT2D eigenvalue weighted by atomic mass is 10.0. The molecule has 0 aliphatic carbocycles. The molecule has 0 bridgehead atoms. The van der Waals surface area contributed by atoms with E-state index >= 15 is 0 Å². The number of fused-ring (bicyclic) bond motifs is 1. The Bertz CT molecular complexity index is 1340. The first-order valence-corrected chi connectivity index (χ1v) is 11.8. The minimum absolute atomic E-state index is 0.114. The van der Waals surface area contributed by atoms with Crippen molar-refractivity contribution in [3.8, 4) is 6.07 Å². The van der Waals surface area contributed by atoms with Crippen molar-refractivity contribution in [2.24, 2.45) is 0 Å². The third-order valence-corrected chi connectivity index (χ3v) is 6.49. The zero-order chi connectivity index (χ0) is 24.0. The summed E-state index contributed by atoms with van der Waals surface area (Å²) in [6.45, 7) is 2.39. The molecule has 5 rings (SSSR count). The molecule has 0 fully saturated rings. The van der Waals surface area contributed by atoms with Crippen LogP contribution in [0, 0.1) is 11.3 Å². The van der Waals surface area contributed by atoms with E-state index in [4.69, 9.17) is 5.26 Å². The predicted molar refractivity (Wildman–Crippen MR) is 134 cm³/mol. The molecule has 35 heavy (non-hydrogen) atoms. The number of nitrogens with zero attached hydrogens (tertiary/aromatic N) is 4. The Morgan fingerprint density at radius 1 is 0.914 bits per heavy atom. The fourth-order valence-corrected chi connectivity index (χ4v) is 4.57. The monoisotopic (exact) mass is 461 g/mol. The van der Waals surface area contributed by atoms with Crippen molar-refractivity contribution in [1.82, 2.24) is 19.8 Å². The van der Waals surface area contributed by atoms with Crippen LogP contribution in [0.25, 0.3) is 0 Å². The molecule has 6 nitrogen and oxygen atoms in total. The Kier molecular flexibility index (Phi) is 6.69. The fourth-order valence-electron chi connectivity index (χ4n) is 4.57. The molecule has 0 saturated heterocycles. The quantitative estimate of drug-likeness (QED) is 0.451. The summed E-state index contributed by atoms with van der Waals surface area (Å²) in [5.41, 5.74) is 6.28. The maximum atomic E-state index is 13.6. The second-order valence-electron chi connectivity index (χ2n) is 8.91. The van der Waals surface area contributed by atoms with Gasteiger partial charge in [0.1, 0.15) is 0 Å². The molecule has 6 heteroatoms. The van der Waals surface area contributed by atoms with Crippen molar-refractivity contribution in [2.75, 3.05) is 0 Å². The van der Waals surface area contributed by atoms with Gasteiger partial charge < -0.3 is 9.47 Å². The van der Waals surface area contributed by atoms with Gasteiger partial charge in [0.25, 0.3) is 0 Å². The van der Waals surface area contributed by atoms with Crippen molar-refractivity contribution >= 4 is 5.91 Å². The highest BCUT2D eigenvalue weighted by Gasteiger charge is 2.29. The predicted octanol–water partition coefficient (Wildman–Crippen LogP) is 4.05. The molecule has 1 N–H and O–H groups in total. The van der Waals surface area contributed by atoms with Gasteiger partial charge in [-0.1, -0.05) is 66.7 Å². The molecule has 2 heterocycles. The number of aromatic nitrogens is 2. The number of nitrogens with one attached hydrogen (secondary N) is 1. The SMILES string of the molecule is N#Cc1ccc(Cn2cncc2CNC2Cc3ccccc3CN(Cc3ccccc3)C2=O)cc1. The van der Waals surface area contributed by atoms with Crippen molar-refractivity contribution in [1.29, 1.82) is 5.26 Å². The van der Waals surface area contributed by atoms with Crippen LogP contribution in [0.1, 0.15) is 33.5 Å². The van der Waals surface area contributed by atoms with Crippen LogP contribution in [0.4, 0.5) is 0 Å². The van der Waals surface area contributed by atoms with Gasteiger partial charge in [0, 0.05) is 32.4 Å². The molecule has 1 amide bonds. The molecular formula is C29H27N5O. The standard InChI is InChI=1S/C29H27N5O/c30-15-22-10-12-24(13-11-22)19-34-21-31-16-27(34)17-32-28-14-25-8-4-5-9-26(25)20-33(29(28)35)18-23-6-2-1-3-7-23/h1-13,16,21,28,32H,14,17-20H2. The first-order chi connectivity index (χ1) is 17.2. The average molecular weight is 462 g/mol. The van der Waals surface area contributed by atoms with Gasteiger partial charge >= 0.3 is 0 Å². The van der Waals surface area contributed by atoms with Crippen LogP contribution in [0.15, 0.2) is 91.4 Å². The van der Waals surface area contributed by atoms with Crippen LogP contribution in [0.3, 0.4) is 0 Å². The number of benzene rings is 3. The average Bonchev–Trinajstić information content (AvgIpc) is 3.29. The fraction of sp³-hybridized carbons (Fsp3) is 0.207. The van der Waals surface area contributed by atoms with Gasteiger partial charge in [-0.25, -0.2) is 4.98 Å². The Labute approximate surface area is 205 Å². The van der Waals surface area contributed by atoms with E-state index in [1.54, 1.807) is 6.33 Å².